The number of aliphatic hydroxyl groups is 1. The van der Waals surface area contributed by atoms with E-state index < -0.39 is 16.8 Å². The minimum atomic E-state index is -1.19. The van der Waals surface area contributed by atoms with Crippen LogP contribution in [0.1, 0.15) is 26.2 Å². The Hall–Kier alpha value is -0.420. The Bertz CT molecular complexity index is 182. The summed E-state index contributed by atoms with van der Waals surface area (Å²) in [6, 6.07) is 0. The van der Waals surface area contributed by atoms with Gasteiger partial charge in [0.15, 0.2) is 0 Å². The van der Waals surface area contributed by atoms with Gasteiger partial charge >= 0.3 is 5.97 Å². The van der Waals surface area contributed by atoms with Crippen LogP contribution < -0.4 is 0 Å². The van der Waals surface area contributed by atoms with Crippen molar-refractivity contribution in [3.63, 3.8) is 0 Å². The van der Waals surface area contributed by atoms with Gasteiger partial charge in [-0.05, 0) is 12.8 Å². The Morgan fingerprint density at radius 1 is 1.43 bits per heavy atom. The molecule has 0 aliphatic rings. The Morgan fingerprint density at radius 3 is 2.71 bits per heavy atom. The van der Waals surface area contributed by atoms with Crippen molar-refractivity contribution in [2.45, 2.75) is 26.2 Å². The van der Waals surface area contributed by atoms with Gasteiger partial charge in [-0.3, -0.25) is 9.00 Å². The van der Waals surface area contributed by atoms with Crippen molar-refractivity contribution < 1.29 is 18.8 Å². The molecular weight excluding hydrogens is 204 g/mol. The monoisotopic (exact) mass is 222 g/mol. The molecule has 4 nitrogen and oxygen atoms in total. The first-order valence-corrected chi connectivity index (χ1v) is 6.31. The van der Waals surface area contributed by atoms with Crippen LogP contribution in [0.2, 0.25) is 0 Å². The van der Waals surface area contributed by atoms with E-state index in [0.29, 0.717) is 18.8 Å². The van der Waals surface area contributed by atoms with E-state index in [1.165, 1.54) is 0 Å². The zero-order valence-corrected chi connectivity index (χ0v) is 9.35. The van der Waals surface area contributed by atoms with Gasteiger partial charge < -0.3 is 9.84 Å². The molecule has 1 N–H and O–H groups in total. The average molecular weight is 222 g/mol. The van der Waals surface area contributed by atoms with Gasteiger partial charge in [0.1, 0.15) is 5.75 Å². The second kappa shape index (κ2) is 9.15. The smallest absolute Gasteiger partial charge is 0.318 e. The van der Waals surface area contributed by atoms with E-state index in [0.717, 1.165) is 12.8 Å². The maximum Gasteiger partial charge on any atom is 0.318 e. The second-order valence-electron chi connectivity index (χ2n) is 2.94. The Kier molecular flexibility index (Phi) is 8.87. The minimum absolute atomic E-state index is 0.0105. The molecule has 0 spiro atoms. The highest BCUT2D eigenvalue weighted by Crippen LogP contribution is 1.92. The molecule has 0 saturated carbocycles. The minimum Gasteiger partial charge on any atom is -0.465 e. The standard InChI is InChI=1S/C9H18O4S/c1-2-3-6-13-9(11)8-14(12)7-4-5-10/h10H,2-8H2,1H3. The molecule has 0 aromatic carbocycles. The maximum atomic E-state index is 11.1. The fourth-order valence-electron chi connectivity index (χ4n) is 0.801. The number of hydrogen-bond acceptors (Lipinski definition) is 4. The summed E-state index contributed by atoms with van der Waals surface area (Å²) >= 11 is 0. The molecule has 0 radical (unpaired) electrons. The molecule has 14 heavy (non-hydrogen) atoms. The first-order valence-electron chi connectivity index (χ1n) is 4.82. The number of ether oxygens (including phenoxy) is 1. The number of esters is 1. The fraction of sp³-hybridized carbons (Fsp3) is 0.889. The fourth-order valence-corrected chi connectivity index (χ4v) is 1.74. The van der Waals surface area contributed by atoms with E-state index in [4.69, 9.17) is 9.84 Å². The Labute approximate surface area is 87.1 Å². The van der Waals surface area contributed by atoms with Crippen LogP contribution in [0.4, 0.5) is 0 Å². The highest BCUT2D eigenvalue weighted by atomic mass is 32.2. The molecule has 0 heterocycles. The normalized spacial score (nSPS) is 12.4. The highest BCUT2D eigenvalue weighted by molar-refractivity contribution is 7.85. The van der Waals surface area contributed by atoms with Crippen LogP contribution in [0.5, 0.6) is 0 Å². The predicted octanol–water partition coefficient (Wildman–Crippen LogP) is 0.461. The highest BCUT2D eigenvalue weighted by Gasteiger charge is 2.08. The number of carbonyl (C=O) groups is 1. The lowest BCUT2D eigenvalue weighted by Crippen LogP contribution is -2.17. The van der Waals surface area contributed by atoms with Gasteiger partial charge in [0.25, 0.3) is 0 Å². The van der Waals surface area contributed by atoms with Crippen molar-refractivity contribution in [1.82, 2.24) is 0 Å². The molecule has 0 fully saturated rings. The zero-order chi connectivity index (χ0) is 10.8. The number of aliphatic hydroxyl groups excluding tert-OH is 1. The summed E-state index contributed by atoms with van der Waals surface area (Å²) in [6.07, 6.45) is 2.28. The largest absolute Gasteiger partial charge is 0.465 e. The zero-order valence-electron chi connectivity index (χ0n) is 8.53. The molecule has 0 bridgehead atoms. The van der Waals surface area contributed by atoms with Crippen molar-refractivity contribution in [2.75, 3.05) is 24.7 Å². The molecule has 0 aromatic heterocycles. The molecule has 84 valence electrons. The molecule has 0 aliphatic heterocycles. The van der Waals surface area contributed by atoms with E-state index in [9.17, 15) is 9.00 Å². The summed E-state index contributed by atoms with van der Waals surface area (Å²) in [5, 5.41) is 8.47. The third-order valence-electron chi connectivity index (χ3n) is 1.57. The lowest BCUT2D eigenvalue weighted by molar-refractivity contribution is -0.140. The molecule has 0 rings (SSSR count). The van der Waals surface area contributed by atoms with Crippen LogP contribution in [0.25, 0.3) is 0 Å². The van der Waals surface area contributed by atoms with Gasteiger partial charge in [-0.2, -0.15) is 0 Å². The van der Waals surface area contributed by atoms with E-state index in [2.05, 4.69) is 0 Å². The van der Waals surface area contributed by atoms with Crippen molar-refractivity contribution in [3.8, 4) is 0 Å². The summed E-state index contributed by atoms with van der Waals surface area (Å²) in [7, 11) is -1.19. The first-order chi connectivity index (χ1) is 6.70. The van der Waals surface area contributed by atoms with Crippen molar-refractivity contribution >= 4 is 16.8 Å². The molecule has 0 aliphatic carbocycles. The van der Waals surface area contributed by atoms with Crippen molar-refractivity contribution in [1.29, 1.82) is 0 Å². The topological polar surface area (TPSA) is 63.6 Å². The molecule has 0 aromatic rings. The van der Waals surface area contributed by atoms with E-state index in [1.54, 1.807) is 0 Å². The molecule has 0 amide bonds. The number of hydrogen-bond donors (Lipinski definition) is 1. The number of unbranched alkanes of at least 4 members (excludes halogenated alkanes) is 1. The first kappa shape index (κ1) is 13.6. The lowest BCUT2D eigenvalue weighted by atomic mass is 10.4. The molecule has 1 atom stereocenters. The summed E-state index contributed by atoms with van der Waals surface area (Å²) in [5.74, 6) is -0.0990. The van der Waals surface area contributed by atoms with Gasteiger partial charge in [0.05, 0.1) is 6.61 Å². The summed E-state index contributed by atoms with van der Waals surface area (Å²) in [5.41, 5.74) is 0. The Morgan fingerprint density at radius 2 is 2.14 bits per heavy atom. The van der Waals surface area contributed by atoms with Crippen molar-refractivity contribution in [2.24, 2.45) is 0 Å². The van der Waals surface area contributed by atoms with E-state index >= 15 is 0 Å². The quantitative estimate of drug-likeness (QED) is 0.479. The number of rotatable bonds is 8. The van der Waals surface area contributed by atoms with Crippen LogP contribution in [0, 0.1) is 0 Å². The average Bonchev–Trinajstić information content (AvgIpc) is 2.15. The summed E-state index contributed by atoms with van der Waals surface area (Å²) < 4.78 is 16.0. The summed E-state index contributed by atoms with van der Waals surface area (Å²) in [6.45, 7) is 2.43. The SMILES string of the molecule is CCCCOC(=O)CS(=O)CCCO. The van der Waals surface area contributed by atoms with Gasteiger partial charge in [0.2, 0.25) is 0 Å². The molecule has 0 saturated heterocycles. The molecule has 5 heteroatoms. The Balaban J connectivity index is 3.45. The lowest BCUT2D eigenvalue weighted by Gasteiger charge is -2.03. The number of carbonyl (C=O) groups excluding carboxylic acids is 1. The van der Waals surface area contributed by atoms with Crippen LogP contribution in [-0.4, -0.2) is 40.0 Å². The van der Waals surface area contributed by atoms with Gasteiger partial charge in [-0.15, -0.1) is 0 Å². The van der Waals surface area contributed by atoms with Gasteiger partial charge in [-0.1, -0.05) is 13.3 Å². The maximum absolute atomic E-state index is 11.1. The van der Waals surface area contributed by atoms with Crippen LogP contribution in [0.15, 0.2) is 0 Å². The van der Waals surface area contributed by atoms with Gasteiger partial charge in [0, 0.05) is 23.2 Å². The molecular formula is C9H18O4S. The summed E-state index contributed by atoms with van der Waals surface area (Å²) in [4.78, 5) is 11.0. The molecule has 1 unspecified atom stereocenters. The third kappa shape index (κ3) is 8.19. The second-order valence-corrected chi connectivity index (χ2v) is 4.52. The van der Waals surface area contributed by atoms with Crippen LogP contribution >= 0.6 is 0 Å². The third-order valence-corrected chi connectivity index (χ3v) is 2.87. The predicted molar refractivity (Wildman–Crippen MR) is 55.4 cm³/mol. The van der Waals surface area contributed by atoms with Crippen molar-refractivity contribution in [3.05, 3.63) is 0 Å². The van der Waals surface area contributed by atoms with Crippen LogP contribution in [0.3, 0.4) is 0 Å². The van der Waals surface area contributed by atoms with Crippen LogP contribution in [-0.2, 0) is 20.3 Å². The van der Waals surface area contributed by atoms with E-state index in [1.807, 2.05) is 6.92 Å². The van der Waals surface area contributed by atoms with E-state index in [-0.39, 0.29) is 12.4 Å². The van der Waals surface area contributed by atoms with Gasteiger partial charge in [-0.25, -0.2) is 0 Å².